The highest BCUT2D eigenvalue weighted by Crippen LogP contribution is 2.64. The molecule has 4 nitrogen and oxygen atoms in total. The van der Waals surface area contributed by atoms with Gasteiger partial charge in [0.1, 0.15) is 0 Å². The van der Waals surface area contributed by atoms with Crippen LogP contribution in [0.5, 0.6) is 0 Å². The zero-order valence-corrected chi connectivity index (χ0v) is 17.9. The first-order valence-corrected chi connectivity index (χ1v) is 11.5. The Bertz CT molecular complexity index is 628. The average Bonchev–Trinajstić information content (AvgIpc) is 2.98. The van der Waals surface area contributed by atoms with Crippen LogP contribution in [-0.4, -0.2) is 37.0 Å². The van der Waals surface area contributed by atoms with Gasteiger partial charge in [0.25, 0.3) is 0 Å². The Balaban J connectivity index is 1.49. The third-order valence-electron chi connectivity index (χ3n) is 8.94. The fourth-order valence-corrected chi connectivity index (χ4v) is 7.77. The molecular formula is C24H38O4. The Morgan fingerprint density at radius 2 is 1.93 bits per heavy atom. The molecule has 7 atom stereocenters. The van der Waals surface area contributed by atoms with Crippen molar-refractivity contribution in [3.05, 3.63) is 11.6 Å². The van der Waals surface area contributed by atoms with Crippen molar-refractivity contribution in [2.75, 3.05) is 20.3 Å². The zero-order chi connectivity index (χ0) is 19.9. The lowest BCUT2D eigenvalue weighted by Gasteiger charge is -2.56. The summed E-state index contributed by atoms with van der Waals surface area (Å²) < 4.78 is 10.5. The van der Waals surface area contributed by atoms with Crippen molar-refractivity contribution < 1.29 is 19.4 Å². The SMILES string of the molecule is CCOC(=O)/C=C1\CC[C@H]2[C@@H]3CC[C@@H]4C[C@@](O)(COC)CC[C@@H]4[C@H]3CC[C@]12C. The summed E-state index contributed by atoms with van der Waals surface area (Å²) in [7, 11) is 1.70. The first-order valence-electron chi connectivity index (χ1n) is 11.5. The Labute approximate surface area is 170 Å². The second kappa shape index (κ2) is 7.75. The second-order valence-corrected chi connectivity index (χ2v) is 10.3. The van der Waals surface area contributed by atoms with E-state index >= 15 is 0 Å². The molecule has 1 N–H and O–H groups in total. The van der Waals surface area contributed by atoms with Crippen LogP contribution in [0, 0.1) is 35.0 Å². The van der Waals surface area contributed by atoms with Crippen LogP contribution in [0.2, 0.25) is 0 Å². The molecule has 4 saturated carbocycles. The summed E-state index contributed by atoms with van der Waals surface area (Å²) in [6.07, 6.45) is 12.1. The molecule has 0 aromatic heterocycles. The van der Waals surface area contributed by atoms with E-state index in [4.69, 9.17) is 9.47 Å². The largest absolute Gasteiger partial charge is 0.463 e. The number of hydrogen-bond acceptors (Lipinski definition) is 4. The summed E-state index contributed by atoms with van der Waals surface area (Å²) in [4.78, 5) is 12.1. The van der Waals surface area contributed by atoms with E-state index in [1.807, 2.05) is 13.0 Å². The van der Waals surface area contributed by atoms with Gasteiger partial charge in [-0.05, 0) is 99.7 Å². The molecule has 4 aliphatic carbocycles. The van der Waals surface area contributed by atoms with E-state index < -0.39 is 5.60 Å². The molecule has 4 rings (SSSR count). The van der Waals surface area contributed by atoms with Crippen LogP contribution in [0.3, 0.4) is 0 Å². The summed E-state index contributed by atoms with van der Waals surface area (Å²) in [5.74, 6) is 3.60. The van der Waals surface area contributed by atoms with E-state index in [2.05, 4.69) is 6.92 Å². The van der Waals surface area contributed by atoms with Gasteiger partial charge >= 0.3 is 5.97 Å². The maximum absolute atomic E-state index is 12.1. The maximum atomic E-state index is 12.1. The van der Waals surface area contributed by atoms with Crippen molar-refractivity contribution in [2.24, 2.45) is 35.0 Å². The standard InChI is InChI=1S/C24H38O4/c1-4-28-22(25)13-17-6-8-21-20-7-5-16-14-24(26,15-27-3)12-10-18(16)19(20)9-11-23(17,21)2/h13,16,18-21,26H,4-12,14-15H2,1-3H3/b17-13+/t16-,18+,19-,20-,21+,23-,24-/m1/s1. The van der Waals surface area contributed by atoms with E-state index in [1.54, 1.807) is 7.11 Å². The number of rotatable bonds is 4. The molecule has 4 fully saturated rings. The smallest absolute Gasteiger partial charge is 0.330 e. The van der Waals surface area contributed by atoms with Crippen molar-refractivity contribution in [1.29, 1.82) is 0 Å². The van der Waals surface area contributed by atoms with Gasteiger partial charge in [-0.2, -0.15) is 0 Å². The molecule has 0 amide bonds. The number of aliphatic hydroxyl groups is 1. The van der Waals surface area contributed by atoms with Gasteiger partial charge in [-0.1, -0.05) is 12.5 Å². The molecule has 0 unspecified atom stereocenters. The van der Waals surface area contributed by atoms with Gasteiger partial charge in [-0.3, -0.25) is 0 Å². The molecule has 158 valence electrons. The van der Waals surface area contributed by atoms with Gasteiger partial charge in [0, 0.05) is 13.2 Å². The summed E-state index contributed by atoms with van der Waals surface area (Å²) in [6.45, 7) is 5.21. The topological polar surface area (TPSA) is 55.8 Å². The van der Waals surface area contributed by atoms with E-state index in [0.717, 1.165) is 43.4 Å². The Morgan fingerprint density at radius 1 is 1.14 bits per heavy atom. The minimum Gasteiger partial charge on any atom is -0.463 e. The predicted molar refractivity (Wildman–Crippen MR) is 109 cm³/mol. The minimum atomic E-state index is -0.602. The molecule has 0 bridgehead atoms. The average molecular weight is 391 g/mol. The molecule has 0 aliphatic heterocycles. The first-order chi connectivity index (χ1) is 13.4. The lowest BCUT2D eigenvalue weighted by atomic mass is 9.49. The first kappa shape index (κ1) is 20.4. The molecule has 0 heterocycles. The van der Waals surface area contributed by atoms with Crippen molar-refractivity contribution in [1.82, 2.24) is 0 Å². The van der Waals surface area contributed by atoms with E-state index in [1.165, 1.54) is 37.7 Å². The van der Waals surface area contributed by atoms with Gasteiger partial charge in [0.15, 0.2) is 0 Å². The molecule has 0 radical (unpaired) electrons. The molecule has 0 saturated heterocycles. The number of fused-ring (bicyclic) bond motifs is 5. The molecule has 4 aliphatic rings. The van der Waals surface area contributed by atoms with Gasteiger partial charge in [0.05, 0.1) is 18.8 Å². The number of methoxy groups -OCH3 is 1. The zero-order valence-electron chi connectivity index (χ0n) is 17.9. The fraction of sp³-hybridized carbons (Fsp3) is 0.875. The van der Waals surface area contributed by atoms with E-state index in [0.29, 0.717) is 25.0 Å². The summed E-state index contributed by atoms with van der Waals surface area (Å²) in [5, 5.41) is 10.9. The number of esters is 1. The van der Waals surface area contributed by atoms with Crippen LogP contribution < -0.4 is 0 Å². The van der Waals surface area contributed by atoms with Crippen LogP contribution in [-0.2, 0) is 14.3 Å². The van der Waals surface area contributed by atoms with E-state index in [-0.39, 0.29) is 11.4 Å². The number of carbonyl (C=O) groups excluding carboxylic acids is 1. The normalized spacial score (nSPS) is 46.6. The molecule has 0 aromatic carbocycles. The molecular weight excluding hydrogens is 352 g/mol. The van der Waals surface area contributed by atoms with Gasteiger partial charge in [-0.15, -0.1) is 0 Å². The number of hydrogen-bond donors (Lipinski definition) is 1. The fourth-order valence-electron chi connectivity index (χ4n) is 7.77. The maximum Gasteiger partial charge on any atom is 0.330 e. The predicted octanol–water partition coefficient (Wildman–Crippen LogP) is 4.51. The monoisotopic (exact) mass is 390 g/mol. The Kier molecular flexibility index (Phi) is 5.65. The van der Waals surface area contributed by atoms with Crippen molar-refractivity contribution >= 4 is 5.97 Å². The molecule has 0 aromatic rings. The lowest BCUT2D eigenvalue weighted by Crippen LogP contribution is -2.51. The van der Waals surface area contributed by atoms with Gasteiger partial charge < -0.3 is 14.6 Å². The number of allylic oxidation sites excluding steroid dienone is 1. The highest BCUT2D eigenvalue weighted by atomic mass is 16.5. The Morgan fingerprint density at radius 3 is 2.68 bits per heavy atom. The highest BCUT2D eigenvalue weighted by molar-refractivity contribution is 5.83. The van der Waals surface area contributed by atoms with Crippen LogP contribution in [0.4, 0.5) is 0 Å². The third-order valence-corrected chi connectivity index (χ3v) is 8.94. The summed E-state index contributed by atoms with van der Waals surface area (Å²) in [5.41, 5.74) is 0.927. The molecule has 0 spiro atoms. The lowest BCUT2D eigenvalue weighted by molar-refractivity contribution is -0.137. The third kappa shape index (κ3) is 3.45. The summed E-state index contributed by atoms with van der Waals surface area (Å²) in [6, 6.07) is 0. The van der Waals surface area contributed by atoms with Gasteiger partial charge in [0.2, 0.25) is 0 Å². The highest BCUT2D eigenvalue weighted by Gasteiger charge is 2.56. The van der Waals surface area contributed by atoms with Crippen molar-refractivity contribution in [2.45, 2.75) is 77.2 Å². The number of ether oxygens (including phenoxy) is 2. The summed E-state index contributed by atoms with van der Waals surface area (Å²) >= 11 is 0. The Hall–Kier alpha value is -0.870. The van der Waals surface area contributed by atoms with Gasteiger partial charge in [-0.25, -0.2) is 4.79 Å². The van der Waals surface area contributed by atoms with Crippen LogP contribution in [0.25, 0.3) is 0 Å². The second-order valence-electron chi connectivity index (χ2n) is 10.3. The van der Waals surface area contributed by atoms with Crippen molar-refractivity contribution in [3.8, 4) is 0 Å². The van der Waals surface area contributed by atoms with Crippen molar-refractivity contribution in [3.63, 3.8) is 0 Å². The molecule has 4 heteroatoms. The number of carbonyl (C=O) groups is 1. The minimum absolute atomic E-state index is 0.157. The molecule has 28 heavy (non-hydrogen) atoms. The van der Waals surface area contributed by atoms with Crippen LogP contribution >= 0.6 is 0 Å². The van der Waals surface area contributed by atoms with Crippen LogP contribution in [0.15, 0.2) is 11.6 Å². The van der Waals surface area contributed by atoms with E-state index in [9.17, 15) is 9.90 Å². The quantitative estimate of drug-likeness (QED) is 0.567. The van der Waals surface area contributed by atoms with Crippen LogP contribution in [0.1, 0.15) is 71.6 Å².